The van der Waals surface area contributed by atoms with Gasteiger partial charge in [0.05, 0.1) is 7.11 Å². The van der Waals surface area contributed by atoms with E-state index >= 15 is 0 Å². The first kappa shape index (κ1) is 10.2. The highest BCUT2D eigenvalue weighted by Gasteiger charge is 2.25. The van der Waals surface area contributed by atoms with Crippen molar-refractivity contribution in [3.8, 4) is 5.75 Å². The van der Waals surface area contributed by atoms with Crippen molar-refractivity contribution in [2.24, 2.45) is 0 Å². The maximum absolute atomic E-state index is 5.13. The third-order valence-corrected chi connectivity index (χ3v) is 2.96. The molecule has 2 aromatic rings. The molecule has 0 unspecified atom stereocenters. The van der Waals surface area contributed by atoms with Crippen molar-refractivity contribution in [3.63, 3.8) is 0 Å². The molecule has 0 bridgehead atoms. The summed E-state index contributed by atoms with van der Waals surface area (Å²) in [4.78, 5) is 4.34. The molecular formula is C13H15N3O. The molecule has 1 fully saturated rings. The summed E-state index contributed by atoms with van der Waals surface area (Å²) in [6.07, 6.45) is 6.38. The van der Waals surface area contributed by atoms with Gasteiger partial charge in [0.15, 0.2) is 0 Å². The van der Waals surface area contributed by atoms with Crippen molar-refractivity contribution in [3.05, 3.63) is 36.7 Å². The molecule has 0 atom stereocenters. The van der Waals surface area contributed by atoms with Crippen LogP contribution in [-0.4, -0.2) is 16.7 Å². The van der Waals surface area contributed by atoms with E-state index in [-0.39, 0.29) is 0 Å². The minimum absolute atomic E-state index is 0.637. The van der Waals surface area contributed by atoms with E-state index in [0.29, 0.717) is 6.04 Å². The number of nitrogens with one attached hydrogen (secondary N) is 1. The highest BCUT2D eigenvalue weighted by atomic mass is 16.5. The molecule has 0 aliphatic heterocycles. The largest absolute Gasteiger partial charge is 0.497 e. The Morgan fingerprint density at radius 1 is 1.29 bits per heavy atom. The minimum Gasteiger partial charge on any atom is -0.497 e. The van der Waals surface area contributed by atoms with Crippen molar-refractivity contribution in [1.29, 1.82) is 0 Å². The van der Waals surface area contributed by atoms with Crippen LogP contribution in [0.3, 0.4) is 0 Å². The molecule has 4 heteroatoms. The van der Waals surface area contributed by atoms with Crippen LogP contribution in [-0.2, 0) is 0 Å². The summed E-state index contributed by atoms with van der Waals surface area (Å²) in [5.74, 6) is 1.78. The third-order valence-electron chi connectivity index (χ3n) is 2.96. The Hall–Kier alpha value is -1.97. The topological polar surface area (TPSA) is 39.1 Å². The Labute approximate surface area is 100 Å². The lowest BCUT2D eigenvalue weighted by molar-refractivity contribution is 0.415. The summed E-state index contributed by atoms with van der Waals surface area (Å²) in [6.45, 7) is 0. The quantitative estimate of drug-likeness (QED) is 0.876. The summed E-state index contributed by atoms with van der Waals surface area (Å²) in [5, 5.41) is 3.32. The maximum atomic E-state index is 5.13. The lowest BCUT2D eigenvalue weighted by Crippen LogP contribution is -2.01. The molecule has 0 spiro atoms. The Bertz CT molecular complexity index is 500. The van der Waals surface area contributed by atoms with Gasteiger partial charge in [0.1, 0.15) is 5.75 Å². The first-order valence-electron chi connectivity index (χ1n) is 5.81. The second-order valence-corrected chi connectivity index (χ2v) is 4.24. The molecule has 1 N–H and O–H groups in total. The zero-order valence-electron chi connectivity index (χ0n) is 9.76. The number of aromatic nitrogens is 2. The number of anilines is 2. The molecule has 1 aliphatic rings. The van der Waals surface area contributed by atoms with Gasteiger partial charge in [-0.05, 0) is 37.1 Å². The predicted octanol–water partition coefficient (Wildman–Crippen LogP) is 2.97. The van der Waals surface area contributed by atoms with Crippen LogP contribution in [0.2, 0.25) is 0 Å². The van der Waals surface area contributed by atoms with Crippen LogP contribution in [0.5, 0.6) is 5.75 Å². The minimum atomic E-state index is 0.637. The number of hydrogen-bond donors (Lipinski definition) is 1. The number of hydrogen-bond acceptors (Lipinski definition) is 3. The molecule has 17 heavy (non-hydrogen) atoms. The van der Waals surface area contributed by atoms with E-state index in [1.54, 1.807) is 7.11 Å². The average molecular weight is 229 g/mol. The molecular weight excluding hydrogens is 214 g/mol. The van der Waals surface area contributed by atoms with Gasteiger partial charge in [-0.3, -0.25) is 0 Å². The summed E-state index contributed by atoms with van der Waals surface area (Å²) >= 11 is 0. The number of imidazole rings is 1. The Kier molecular flexibility index (Phi) is 2.48. The Morgan fingerprint density at radius 3 is 2.71 bits per heavy atom. The van der Waals surface area contributed by atoms with Crippen molar-refractivity contribution in [1.82, 2.24) is 9.55 Å². The molecule has 1 aromatic heterocycles. The van der Waals surface area contributed by atoms with Crippen LogP contribution in [0.25, 0.3) is 0 Å². The van der Waals surface area contributed by atoms with Crippen LogP contribution >= 0.6 is 0 Å². The van der Waals surface area contributed by atoms with E-state index in [4.69, 9.17) is 4.74 Å². The van der Waals surface area contributed by atoms with Gasteiger partial charge in [-0.2, -0.15) is 0 Å². The Balaban J connectivity index is 1.78. The fourth-order valence-electron chi connectivity index (χ4n) is 1.86. The summed E-state index contributed by atoms with van der Waals surface area (Å²) in [5.41, 5.74) is 1.03. The Morgan fingerprint density at radius 2 is 2.06 bits per heavy atom. The molecule has 1 aliphatic carbocycles. The lowest BCUT2D eigenvalue weighted by Gasteiger charge is -2.09. The molecule has 1 aromatic carbocycles. The van der Waals surface area contributed by atoms with Gasteiger partial charge in [0.25, 0.3) is 0 Å². The first-order chi connectivity index (χ1) is 8.36. The third kappa shape index (κ3) is 2.11. The zero-order valence-corrected chi connectivity index (χ0v) is 9.76. The van der Waals surface area contributed by atoms with E-state index < -0.39 is 0 Å². The summed E-state index contributed by atoms with van der Waals surface area (Å²) in [6, 6.07) is 8.49. The fourth-order valence-corrected chi connectivity index (χ4v) is 1.86. The van der Waals surface area contributed by atoms with Gasteiger partial charge in [0.2, 0.25) is 5.95 Å². The molecule has 0 saturated heterocycles. The van der Waals surface area contributed by atoms with E-state index in [1.165, 1.54) is 12.8 Å². The number of nitrogens with zero attached hydrogens (tertiary/aromatic N) is 2. The SMILES string of the molecule is COc1ccc(Nc2nccn2C2CC2)cc1. The molecule has 88 valence electrons. The van der Waals surface area contributed by atoms with Crippen molar-refractivity contribution >= 4 is 11.6 Å². The number of benzene rings is 1. The van der Waals surface area contributed by atoms with E-state index in [9.17, 15) is 0 Å². The molecule has 1 heterocycles. The number of ether oxygens (including phenoxy) is 1. The smallest absolute Gasteiger partial charge is 0.207 e. The van der Waals surface area contributed by atoms with Gasteiger partial charge in [-0.1, -0.05) is 0 Å². The number of methoxy groups -OCH3 is 1. The van der Waals surface area contributed by atoms with E-state index in [2.05, 4.69) is 14.9 Å². The van der Waals surface area contributed by atoms with Crippen LogP contribution in [0.4, 0.5) is 11.6 Å². The van der Waals surface area contributed by atoms with Gasteiger partial charge in [-0.15, -0.1) is 0 Å². The monoisotopic (exact) mass is 229 g/mol. The predicted molar refractivity (Wildman–Crippen MR) is 66.8 cm³/mol. The average Bonchev–Trinajstić information content (AvgIpc) is 3.11. The normalized spacial score (nSPS) is 14.6. The highest BCUT2D eigenvalue weighted by molar-refractivity contribution is 5.55. The second kappa shape index (κ2) is 4.13. The number of rotatable bonds is 4. The van der Waals surface area contributed by atoms with Crippen molar-refractivity contribution < 1.29 is 4.74 Å². The van der Waals surface area contributed by atoms with Crippen LogP contribution in [0.15, 0.2) is 36.7 Å². The van der Waals surface area contributed by atoms with Gasteiger partial charge < -0.3 is 14.6 Å². The summed E-state index contributed by atoms with van der Waals surface area (Å²) in [7, 11) is 1.67. The molecule has 3 rings (SSSR count). The van der Waals surface area contributed by atoms with E-state index in [0.717, 1.165) is 17.4 Å². The highest BCUT2D eigenvalue weighted by Crippen LogP contribution is 2.37. The van der Waals surface area contributed by atoms with Crippen LogP contribution in [0.1, 0.15) is 18.9 Å². The molecule has 0 amide bonds. The molecule has 4 nitrogen and oxygen atoms in total. The van der Waals surface area contributed by atoms with E-state index in [1.807, 2.05) is 36.7 Å². The molecule has 0 radical (unpaired) electrons. The second-order valence-electron chi connectivity index (χ2n) is 4.24. The fraction of sp³-hybridized carbons (Fsp3) is 0.308. The first-order valence-corrected chi connectivity index (χ1v) is 5.81. The van der Waals surface area contributed by atoms with Crippen molar-refractivity contribution in [2.75, 3.05) is 12.4 Å². The summed E-state index contributed by atoms with van der Waals surface area (Å²) < 4.78 is 7.33. The molecule has 1 saturated carbocycles. The van der Waals surface area contributed by atoms with Gasteiger partial charge >= 0.3 is 0 Å². The van der Waals surface area contributed by atoms with Crippen LogP contribution < -0.4 is 10.1 Å². The van der Waals surface area contributed by atoms with Gasteiger partial charge in [-0.25, -0.2) is 4.98 Å². The standard InChI is InChI=1S/C13H15N3O/c1-17-12-6-2-10(3-7-12)15-13-14-8-9-16(13)11-4-5-11/h2-3,6-9,11H,4-5H2,1H3,(H,14,15). The van der Waals surface area contributed by atoms with Crippen molar-refractivity contribution in [2.45, 2.75) is 18.9 Å². The lowest BCUT2D eigenvalue weighted by atomic mass is 10.3. The van der Waals surface area contributed by atoms with Crippen LogP contribution in [0, 0.1) is 0 Å². The zero-order chi connectivity index (χ0) is 11.7. The van der Waals surface area contributed by atoms with Gasteiger partial charge in [0, 0.05) is 24.1 Å². The maximum Gasteiger partial charge on any atom is 0.207 e.